The second kappa shape index (κ2) is 11.9. The molecule has 5 heteroatoms. The van der Waals surface area contributed by atoms with E-state index in [-0.39, 0.29) is 18.2 Å². The lowest BCUT2D eigenvalue weighted by Crippen LogP contribution is -2.22. The van der Waals surface area contributed by atoms with Crippen LogP contribution in [0.25, 0.3) is 0 Å². The number of anilines is 1. The molecule has 1 amide bonds. The van der Waals surface area contributed by atoms with Gasteiger partial charge in [-0.1, -0.05) is 67.4 Å². The standard InChI is InChI=1S/C28H31NO4/c1-3-8-25(21-15-13-20(2)14-16-21)28(32)29-26-19-24(33-23-10-5-4-6-11-23)18-17-22(26)9-7-12-27(30)31/h4-6,10-11,13-19,25H,3,7-9,12H2,1-2H3,(H,29,32)(H,30,31). The van der Waals surface area contributed by atoms with E-state index in [1.807, 2.05) is 79.7 Å². The Morgan fingerprint density at radius 1 is 0.970 bits per heavy atom. The monoisotopic (exact) mass is 445 g/mol. The van der Waals surface area contributed by atoms with Crippen LogP contribution in [0, 0.1) is 6.92 Å². The maximum atomic E-state index is 13.3. The van der Waals surface area contributed by atoms with Gasteiger partial charge in [-0.2, -0.15) is 0 Å². The average molecular weight is 446 g/mol. The van der Waals surface area contributed by atoms with Crippen molar-refractivity contribution in [2.45, 2.75) is 51.9 Å². The third-order valence-corrected chi connectivity index (χ3v) is 5.53. The number of carbonyl (C=O) groups excluding carboxylic acids is 1. The molecule has 1 atom stereocenters. The fourth-order valence-electron chi connectivity index (χ4n) is 3.76. The molecule has 2 N–H and O–H groups in total. The van der Waals surface area contributed by atoms with Crippen molar-refractivity contribution < 1.29 is 19.4 Å². The summed E-state index contributed by atoms with van der Waals surface area (Å²) in [6.45, 7) is 4.10. The first-order valence-corrected chi connectivity index (χ1v) is 11.4. The maximum absolute atomic E-state index is 13.3. The Balaban J connectivity index is 1.85. The van der Waals surface area contributed by atoms with Crippen LogP contribution in [0.1, 0.15) is 55.2 Å². The van der Waals surface area contributed by atoms with Crippen LogP contribution >= 0.6 is 0 Å². The van der Waals surface area contributed by atoms with Gasteiger partial charge in [-0.3, -0.25) is 9.59 Å². The highest BCUT2D eigenvalue weighted by Gasteiger charge is 2.21. The predicted octanol–water partition coefficient (Wildman–Crippen LogP) is 6.72. The number of aryl methyl sites for hydroxylation is 2. The molecule has 172 valence electrons. The number of nitrogens with one attached hydrogen (secondary N) is 1. The smallest absolute Gasteiger partial charge is 0.303 e. The normalized spacial score (nSPS) is 11.6. The molecule has 0 aliphatic carbocycles. The van der Waals surface area contributed by atoms with Crippen molar-refractivity contribution in [3.8, 4) is 11.5 Å². The van der Waals surface area contributed by atoms with Crippen LogP contribution in [0.2, 0.25) is 0 Å². The van der Waals surface area contributed by atoms with Crippen molar-refractivity contribution >= 4 is 17.6 Å². The van der Waals surface area contributed by atoms with Crippen molar-refractivity contribution in [2.24, 2.45) is 0 Å². The van der Waals surface area contributed by atoms with E-state index < -0.39 is 5.97 Å². The van der Waals surface area contributed by atoms with Gasteiger partial charge in [0.25, 0.3) is 0 Å². The number of amides is 1. The highest BCUT2D eigenvalue weighted by Crippen LogP contribution is 2.30. The minimum Gasteiger partial charge on any atom is -0.481 e. The van der Waals surface area contributed by atoms with Gasteiger partial charge in [0.05, 0.1) is 5.92 Å². The SMILES string of the molecule is CCCC(C(=O)Nc1cc(Oc2ccccc2)ccc1CCCC(=O)O)c1ccc(C)cc1. The fourth-order valence-corrected chi connectivity index (χ4v) is 3.76. The molecular formula is C28H31NO4. The molecule has 33 heavy (non-hydrogen) atoms. The maximum Gasteiger partial charge on any atom is 0.303 e. The lowest BCUT2D eigenvalue weighted by molar-refractivity contribution is -0.137. The molecular weight excluding hydrogens is 414 g/mol. The van der Waals surface area contributed by atoms with Gasteiger partial charge in [0.2, 0.25) is 5.91 Å². The molecule has 5 nitrogen and oxygen atoms in total. The summed E-state index contributed by atoms with van der Waals surface area (Å²) in [6, 6.07) is 23.1. The number of aliphatic carboxylic acids is 1. The lowest BCUT2D eigenvalue weighted by Gasteiger charge is -2.19. The number of hydrogen-bond acceptors (Lipinski definition) is 3. The summed E-state index contributed by atoms with van der Waals surface area (Å²) in [5.74, 6) is 0.156. The van der Waals surface area contributed by atoms with Crippen molar-refractivity contribution in [1.82, 2.24) is 0 Å². The minimum absolute atomic E-state index is 0.0722. The Kier molecular flexibility index (Phi) is 8.64. The molecule has 1 unspecified atom stereocenters. The van der Waals surface area contributed by atoms with Crippen LogP contribution in [-0.4, -0.2) is 17.0 Å². The third-order valence-electron chi connectivity index (χ3n) is 5.53. The topological polar surface area (TPSA) is 75.6 Å². The summed E-state index contributed by atoms with van der Waals surface area (Å²) in [6.07, 6.45) is 2.75. The molecule has 0 radical (unpaired) electrons. The zero-order valence-corrected chi connectivity index (χ0v) is 19.2. The number of rotatable bonds is 11. The highest BCUT2D eigenvalue weighted by atomic mass is 16.5. The number of benzene rings is 3. The number of carboxylic acids is 1. The summed E-state index contributed by atoms with van der Waals surface area (Å²) in [4.78, 5) is 24.3. The molecule has 0 aliphatic rings. The molecule has 0 aliphatic heterocycles. The molecule has 0 saturated carbocycles. The quantitative estimate of drug-likeness (QED) is 0.344. The summed E-state index contributed by atoms with van der Waals surface area (Å²) in [7, 11) is 0. The van der Waals surface area contributed by atoms with Gasteiger partial charge in [0.1, 0.15) is 11.5 Å². The van der Waals surface area contributed by atoms with Crippen LogP contribution in [-0.2, 0) is 16.0 Å². The van der Waals surface area contributed by atoms with Gasteiger partial charge in [0, 0.05) is 18.2 Å². The van der Waals surface area contributed by atoms with Gasteiger partial charge in [-0.15, -0.1) is 0 Å². The highest BCUT2D eigenvalue weighted by molar-refractivity contribution is 5.96. The van der Waals surface area contributed by atoms with Gasteiger partial charge in [-0.25, -0.2) is 0 Å². The van der Waals surface area contributed by atoms with E-state index in [0.29, 0.717) is 30.0 Å². The fraction of sp³-hybridized carbons (Fsp3) is 0.286. The number of ether oxygens (including phenoxy) is 1. The van der Waals surface area contributed by atoms with Gasteiger partial charge in [-0.05, 0) is 55.5 Å². The summed E-state index contributed by atoms with van der Waals surface area (Å²) >= 11 is 0. The number of para-hydroxylation sites is 1. The summed E-state index contributed by atoms with van der Waals surface area (Å²) in [5.41, 5.74) is 3.70. The molecule has 3 rings (SSSR count). The third kappa shape index (κ3) is 7.21. The van der Waals surface area contributed by atoms with Crippen molar-refractivity contribution in [1.29, 1.82) is 0 Å². The Labute approximate surface area is 195 Å². The number of carbonyl (C=O) groups is 2. The zero-order chi connectivity index (χ0) is 23.6. The molecule has 0 spiro atoms. The van der Waals surface area contributed by atoms with Gasteiger partial charge >= 0.3 is 5.97 Å². The predicted molar refractivity (Wildman–Crippen MR) is 131 cm³/mol. The van der Waals surface area contributed by atoms with Crippen LogP contribution in [0.3, 0.4) is 0 Å². The Morgan fingerprint density at radius 2 is 1.70 bits per heavy atom. The van der Waals surface area contributed by atoms with E-state index >= 15 is 0 Å². The largest absolute Gasteiger partial charge is 0.481 e. The van der Waals surface area contributed by atoms with E-state index in [1.54, 1.807) is 0 Å². The lowest BCUT2D eigenvalue weighted by atomic mass is 9.92. The molecule has 0 saturated heterocycles. The van der Waals surface area contributed by atoms with Crippen LogP contribution in [0.15, 0.2) is 72.8 Å². The Hall–Kier alpha value is -3.60. The minimum atomic E-state index is -0.827. The average Bonchev–Trinajstić information content (AvgIpc) is 2.80. The van der Waals surface area contributed by atoms with E-state index in [2.05, 4.69) is 12.2 Å². The van der Waals surface area contributed by atoms with E-state index in [0.717, 1.165) is 29.5 Å². The Morgan fingerprint density at radius 3 is 2.36 bits per heavy atom. The van der Waals surface area contributed by atoms with Crippen molar-refractivity contribution in [2.75, 3.05) is 5.32 Å². The van der Waals surface area contributed by atoms with Gasteiger partial charge in [0.15, 0.2) is 0 Å². The Bertz CT molecular complexity index is 1060. The summed E-state index contributed by atoms with van der Waals surface area (Å²) < 4.78 is 5.96. The second-order valence-corrected chi connectivity index (χ2v) is 8.22. The summed E-state index contributed by atoms with van der Waals surface area (Å²) in [5, 5.41) is 12.1. The van der Waals surface area contributed by atoms with Crippen molar-refractivity contribution in [3.05, 3.63) is 89.5 Å². The molecule has 3 aromatic rings. The zero-order valence-electron chi connectivity index (χ0n) is 19.2. The van der Waals surface area contributed by atoms with E-state index in [9.17, 15) is 9.59 Å². The number of hydrogen-bond donors (Lipinski definition) is 2. The first kappa shape index (κ1) is 24.1. The number of carboxylic acid groups (broad SMARTS) is 1. The molecule has 0 bridgehead atoms. The molecule has 3 aromatic carbocycles. The van der Waals surface area contributed by atoms with E-state index in [4.69, 9.17) is 9.84 Å². The van der Waals surface area contributed by atoms with Crippen LogP contribution < -0.4 is 10.1 Å². The van der Waals surface area contributed by atoms with Gasteiger partial charge < -0.3 is 15.2 Å². The molecule has 0 heterocycles. The molecule has 0 fully saturated rings. The van der Waals surface area contributed by atoms with Crippen LogP contribution in [0.5, 0.6) is 11.5 Å². The van der Waals surface area contributed by atoms with E-state index in [1.165, 1.54) is 0 Å². The van der Waals surface area contributed by atoms with Crippen LogP contribution in [0.4, 0.5) is 5.69 Å². The second-order valence-electron chi connectivity index (χ2n) is 8.22. The first-order chi connectivity index (χ1) is 16.0. The first-order valence-electron chi connectivity index (χ1n) is 11.4. The van der Waals surface area contributed by atoms with Crippen molar-refractivity contribution in [3.63, 3.8) is 0 Å². The molecule has 0 aromatic heterocycles.